The molecule has 0 spiro atoms. The van der Waals surface area contributed by atoms with E-state index in [-0.39, 0.29) is 5.91 Å². The van der Waals surface area contributed by atoms with Crippen LogP contribution in [0.5, 0.6) is 5.75 Å². The largest absolute Gasteiger partial charge is 0.491 e. The SMILES string of the molecule is Nc1ccc(-c2ccc3c(c2)CN(C(=O)c2ccc(-c4ccccc4)cc2)CCO3)cn1. The molecule has 5 heteroatoms. The Kier molecular flexibility index (Phi) is 5.30. The van der Waals surface area contributed by atoms with E-state index in [1.54, 1.807) is 12.3 Å². The minimum atomic E-state index is 0.000570. The van der Waals surface area contributed by atoms with Gasteiger partial charge < -0.3 is 15.4 Å². The standard InChI is InChI=1S/C27H23N3O2/c28-26-13-11-23(17-29-26)22-10-12-25-24(16-22)18-30(14-15-32-25)27(31)21-8-6-20(7-9-21)19-4-2-1-3-5-19/h1-13,16-17H,14-15,18H2,(H2,28,29). The van der Waals surface area contributed by atoms with Gasteiger partial charge >= 0.3 is 0 Å². The number of ether oxygens (including phenoxy) is 1. The lowest BCUT2D eigenvalue weighted by Gasteiger charge is -2.20. The van der Waals surface area contributed by atoms with E-state index in [0.29, 0.717) is 31.1 Å². The number of aromatic nitrogens is 1. The van der Waals surface area contributed by atoms with Crippen molar-refractivity contribution in [2.75, 3.05) is 18.9 Å². The van der Waals surface area contributed by atoms with Crippen molar-refractivity contribution in [1.82, 2.24) is 9.88 Å². The topological polar surface area (TPSA) is 68.5 Å². The van der Waals surface area contributed by atoms with Gasteiger partial charge in [-0.1, -0.05) is 48.5 Å². The quantitative estimate of drug-likeness (QED) is 0.504. The van der Waals surface area contributed by atoms with Crippen molar-refractivity contribution in [1.29, 1.82) is 0 Å². The second-order valence-corrected chi connectivity index (χ2v) is 7.81. The number of hydrogen-bond donors (Lipinski definition) is 1. The Balaban J connectivity index is 1.38. The van der Waals surface area contributed by atoms with Crippen LogP contribution in [0.1, 0.15) is 15.9 Å². The zero-order valence-electron chi connectivity index (χ0n) is 17.6. The normalized spacial score (nSPS) is 13.1. The predicted octanol–water partition coefficient (Wildman–Crippen LogP) is 5.03. The third-order valence-electron chi connectivity index (χ3n) is 5.69. The monoisotopic (exact) mass is 421 g/mol. The van der Waals surface area contributed by atoms with Crippen LogP contribution in [0.2, 0.25) is 0 Å². The maximum atomic E-state index is 13.2. The first-order valence-electron chi connectivity index (χ1n) is 10.6. The summed E-state index contributed by atoms with van der Waals surface area (Å²) in [5.74, 6) is 1.30. The Morgan fingerprint density at radius 3 is 2.31 bits per heavy atom. The summed E-state index contributed by atoms with van der Waals surface area (Å²) in [6, 6.07) is 27.7. The fourth-order valence-electron chi connectivity index (χ4n) is 3.94. The van der Waals surface area contributed by atoms with Gasteiger partial charge in [-0.2, -0.15) is 0 Å². The van der Waals surface area contributed by atoms with Gasteiger partial charge in [0.1, 0.15) is 18.2 Å². The molecule has 32 heavy (non-hydrogen) atoms. The molecule has 5 rings (SSSR count). The Hall–Kier alpha value is -4.12. The Morgan fingerprint density at radius 2 is 1.56 bits per heavy atom. The molecule has 0 saturated carbocycles. The number of carbonyl (C=O) groups is 1. The number of benzene rings is 3. The molecule has 0 saturated heterocycles. The van der Waals surface area contributed by atoms with Crippen molar-refractivity contribution in [2.24, 2.45) is 0 Å². The summed E-state index contributed by atoms with van der Waals surface area (Å²) in [6.07, 6.45) is 1.76. The van der Waals surface area contributed by atoms with Crippen molar-refractivity contribution < 1.29 is 9.53 Å². The highest BCUT2D eigenvalue weighted by Crippen LogP contribution is 2.30. The first-order valence-corrected chi connectivity index (χ1v) is 10.6. The molecule has 3 aromatic carbocycles. The van der Waals surface area contributed by atoms with Crippen LogP contribution in [0.4, 0.5) is 5.82 Å². The van der Waals surface area contributed by atoms with Gasteiger partial charge in [0.2, 0.25) is 0 Å². The van der Waals surface area contributed by atoms with Crippen LogP contribution < -0.4 is 10.5 Å². The smallest absolute Gasteiger partial charge is 0.254 e. The minimum Gasteiger partial charge on any atom is -0.491 e. The molecule has 5 nitrogen and oxygen atoms in total. The highest BCUT2D eigenvalue weighted by molar-refractivity contribution is 5.94. The third kappa shape index (κ3) is 4.05. The van der Waals surface area contributed by atoms with Gasteiger partial charge in [0, 0.05) is 29.4 Å². The van der Waals surface area contributed by atoms with Crippen LogP contribution in [0.25, 0.3) is 22.3 Å². The maximum Gasteiger partial charge on any atom is 0.254 e. The molecule has 0 radical (unpaired) electrons. The molecule has 1 amide bonds. The van der Waals surface area contributed by atoms with Gasteiger partial charge in [-0.3, -0.25) is 4.79 Å². The third-order valence-corrected chi connectivity index (χ3v) is 5.69. The van der Waals surface area contributed by atoms with E-state index in [2.05, 4.69) is 23.2 Å². The van der Waals surface area contributed by atoms with E-state index < -0.39 is 0 Å². The van der Waals surface area contributed by atoms with Crippen molar-refractivity contribution in [3.05, 3.63) is 102 Å². The number of rotatable bonds is 3. The number of anilines is 1. The lowest BCUT2D eigenvalue weighted by atomic mass is 10.0. The Morgan fingerprint density at radius 1 is 0.844 bits per heavy atom. The number of amides is 1. The first kappa shape index (κ1) is 19.8. The fraction of sp³-hybridized carbons (Fsp3) is 0.111. The van der Waals surface area contributed by atoms with Crippen molar-refractivity contribution in [3.63, 3.8) is 0 Å². The predicted molar refractivity (Wildman–Crippen MR) is 126 cm³/mol. The molecule has 158 valence electrons. The second kappa shape index (κ2) is 8.55. The van der Waals surface area contributed by atoms with Gasteiger partial charge in [-0.05, 0) is 53.1 Å². The summed E-state index contributed by atoms with van der Waals surface area (Å²) in [4.78, 5) is 19.3. The number of carbonyl (C=O) groups excluding carboxylic acids is 1. The van der Waals surface area contributed by atoms with Crippen molar-refractivity contribution in [3.8, 4) is 28.0 Å². The molecule has 0 aliphatic carbocycles. The number of fused-ring (bicyclic) bond motifs is 1. The van der Waals surface area contributed by atoms with Crippen LogP contribution in [0, 0.1) is 0 Å². The molecule has 0 fully saturated rings. The zero-order valence-corrected chi connectivity index (χ0v) is 17.6. The van der Waals surface area contributed by atoms with Crippen LogP contribution in [0.15, 0.2) is 91.1 Å². The van der Waals surface area contributed by atoms with Crippen molar-refractivity contribution >= 4 is 11.7 Å². The van der Waals surface area contributed by atoms with Crippen LogP contribution in [-0.4, -0.2) is 28.9 Å². The summed E-state index contributed by atoms with van der Waals surface area (Å²) in [6.45, 7) is 1.49. The average Bonchev–Trinajstić information content (AvgIpc) is 3.07. The van der Waals surface area contributed by atoms with Gasteiger partial charge in [0.05, 0.1) is 6.54 Å². The van der Waals surface area contributed by atoms with Gasteiger partial charge in [0.25, 0.3) is 5.91 Å². The van der Waals surface area contributed by atoms with E-state index in [0.717, 1.165) is 33.6 Å². The number of nitrogens with two attached hydrogens (primary N) is 1. The average molecular weight is 422 g/mol. The molecule has 1 aliphatic rings. The highest BCUT2D eigenvalue weighted by atomic mass is 16.5. The molecule has 0 atom stereocenters. The number of hydrogen-bond acceptors (Lipinski definition) is 4. The van der Waals surface area contributed by atoms with E-state index in [1.807, 2.05) is 65.6 Å². The number of pyridine rings is 1. The lowest BCUT2D eigenvalue weighted by Crippen LogP contribution is -2.32. The van der Waals surface area contributed by atoms with Crippen LogP contribution in [-0.2, 0) is 6.54 Å². The Labute approximate surface area is 187 Å². The summed E-state index contributed by atoms with van der Waals surface area (Å²) < 4.78 is 5.92. The fourth-order valence-corrected chi connectivity index (χ4v) is 3.94. The van der Waals surface area contributed by atoms with Crippen LogP contribution >= 0.6 is 0 Å². The summed E-state index contributed by atoms with van der Waals surface area (Å²) >= 11 is 0. The van der Waals surface area contributed by atoms with E-state index in [1.165, 1.54) is 0 Å². The van der Waals surface area contributed by atoms with E-state index >= 15 is 0 Å². The van der Waals surface area contributed by atoms with E-state index in [4.69, 9.17) is 10.5 Å². The zero-order chi connectivity index (χ0) is 21.9. The molecule has 2 N–H and O–H groups in total. The summed E-state index contributed by atoms with van der Waals surface area (Å²) in [5, 5.41) is 0. The molecule has 1 aromatic heterocycles. The van der Waals surface area contributed by atoms with Gasteiger partial charge in [-0.15, -0.1) is 0 Å². The van der Waals surface area contributed by atoms with Gasteiger partial charge in [-0.25, -0.2) is 4.98 Å². The van der Waals surface area contributed by atoms with Crippen LogP contribution in [0.3, 0.4) is 0 Å². The molecular formula is C27H23N3O2. The van der Waals surface area contributed by atoms with Crippen molar-refractivity contribution in [2.45, 2.75) is 6.54 Å². The van der Waals surface area contributed by atoms with E-state index in [9.17, 15) is 4.79 Å². The number of nitrogen functional groups attached to an aromatic ring is 1. The molecule has 2 heterocycles. The first-order chi connectivity index (χ1) is 15.7. The second-order valence-electron chi connectivity index (χ2n) is 7.81. The molecule has 4 aromatic rings. The number of nitrogens with zero attached hydrogens (tertiary/aromatic N) is 2. The molecule has 0 bridgehead atoms. The molecule has 0 unspecified atom stereocenters. The lowest BCUT2D eigenvalue weighted by molar-refractivity contribution is 0.0733. The molecular weight excluding hydrogens is 398 g/mol. The summed E-state index contributed by atoms with van der Waals surface area (Å²) in [7, 11) is 0. The maximum absolute atomic E-state index is 13.2. The minimum absolute atomic E-state index is 0.000570. The Bertz CT molecular complexity index is 1240. The highest BCUT2D eigenvalue weighted by Gasteiger charge is 2.21. The summed E-state index contributed by atoms with van der Waals surface area (Å²) in [5.41, 5.74) is 11.6. The molecule has 1 aliphatic heterocycles. The van der Waals surface area contributed by atoms with Gasteiger partial charge in [0.15, 0.2) is 0 Å².